The second-order valence-corrected chi connectivity index (χ2v) is 4.83. The molecule has 1 rings (SSSR count). The van der Waals surface area contributed by atoms with E-state index in [0.717, 1.165) is 18.7 Å². The molecule has 0 amide bonds. The van der Waals surface area contributed by atoms with Crippen molar-refractivity contribution in [1.29, 1.82) is 0 Å². The predicted molar refractivity (Wildman–Crippen MR) is 68.7 cm³/mol. The molecule has 0 bridgehead atoms. The standard InChI is InChI=1S/C11H21N3OS/c1-9-10(7-13-14(9)2)6-12-11(4-5-15)8-16-3/h7,11-12,15H,4-6,8H2,1-3H3. The quantitative estimate of drug-likeness (QED) is 0.748. The Morgan fingerprint density at radius 2 is 2.38 bits per heavy atom. The van der Waals surface area contributed by atoms with Gasteiger partial charge in [-0.15, -0.1) is 0 Å². The van der Waals surface area contributed by atoms with Gasteiger partial charge in [-0.05, 0) is 19.6 Å². The number of hydrogen-bond donors (Lipinski definition) is 2. The molecule has 1 unspecified atom stereocenters. The smallest absolute Gasteiger partial charge is 0.0537 e. The summed E-state index contributed by atoms with van der Waals surface area (Å²) >= 11 is 1.80. The first-order valence-electron chi connectivity index (χ1n) is 5.49. The molecule has 16 heavy (non-hydrogen) atoms. The highest BCUT2D eigenvalue weighted by molar-refractivity contribution is 7.98. The van der Waals surface area contributed by atoms with Crippen molar-refractivity contribution >= 4 is 11.8 Å². The molecule has 0 aliphatic rings. The normalized spacial score (nSPS) is 13.0. The molecule has 0 fully saturated rings. The van der Waals surface area contributed by atoms with Crippen LogP contribution in [0, 0.1) is 6.92 Å². The summed E-state index contributed by atoms with van der Waals surface area (Å²) in [6, 6.07) is 0.375. The fraction of sp³-hybridized carbons (Fsp3) is 0.727. The van der Waals surface area contributed by atoms with E-state index in [1.54, 1.807) is 11.8 Å². The molecule has 1 aromatic heterocycles. The number of aromatic nitrogens is 2. The first-order valence-corrected chi connectivity index (χ1v) is 6.89. The van der Waals surface area contributed by atoms with Crippen LogP contribution >= 0.6 is 11.8 Å². The zero-order valence-electron chi connectivity index (χ0n) is 10.2. The largest absolute Gasteiger partial charge is 0.396 e. The Morgan fingerprint density at radius 3 is 2.88 bits per heavy atom. The Morgan fingerprint density at radius 1 is 1.62 bits per heavy atom. The van der Waals surface area contributed by atoms with Gasteiger partial charge in [0.1, 0.15) is 0 Å². The van der Waals surface area contributed by atoms with Gasteiger partial charge in [0.2, 0.25) is 0 Å². The van der Waals surface area contributed by atoms with Gasteiger partial charge in [0.05, 0.1) is 6.20 Å². The summed E-state index contributed by atoms with van der Waals surface area (Å²) in [5, 5.41) is 16.6. The first kappa shape index (κ1) is 13.5. The minimum atomic E-state index is 0.240. The maximum atomic E-state index is 8.95. The summed E-state index contributed by atoms with van der Waals surface area (Å²) in [5.41, 5.74) is 2.42. The summed E-state index contributed by atoms with van der Waals surface area (Å²) < 4.78 is 1.88. The number of aliphatic hydroxyl groups is 1. The van der Waals surface area contributed by atoms with Crippen molar-refractivity contribution in [3.8, 4) is 0 Å². The number of nitrogens with zero attached hydrogens (tertiary/aromatic N) is 2. The highest BCUT2D eigenvalue weighted by Gasteiger charge is 2.09. The molecular weight excluding hydrogens is 222 g/mol. The van der Waals surface area contributed by atoms with E-state index in [9.17, 15) is 0 Å². The van der Waals surface area contributed by atoms with Crippen molar-refractivity contribution in [2.24, 2.45) is 7.05 Å². The van der Waals surface area contributed by atoms with Crippen molar-refractivity contribution in [2.75, 3.05) is 18.6 Å². The van der Waals surface area contributed by atoms with Gasteiger partial charge < -0.3 is 10.4 Å². The van der Waals surface area contributed by atoms with Crippen LogP contribution in [0.4, 0.5) is 0 Å². The second kappa shape index (κ2) is 6.93. The van der Waals surface area contributed by atoms with Gasteiger partial charge in [-0.1, -0.05) is 0 Å². The zero-order chi connectivity index (χ0) is 12.0. The molecule has 2 N–H and O–H groups in total. The molecule has 0 saturated carbocycles. The average molecular weight is 243 g/mol. The van der Waals surface area contributed by atoms with E-state index in [2.05, 4.69) is 23.6 Å². The Balaban J connectivity index is 2.45. The minimum Gasteiger partial charge on any atom is -0.396 e. The molecule has 1 heterocycles. The second-order valence-electron chi connectivity index (χ2n) is 3.92. The predicted octanol–water partition coefficient (Wildman–Crippen LogP) is 0.932. The Labute approximate surface area is 101 Å². The van der Waals surface area contributed by atoms with E-state index in [0.29, 0.717) is 6.04 Å². The minimum absolute atomic E-state index is 0.240. The van der Waals surface area contributed by atoms with Gasteiger partial charge in [-0.2, -0.15) is 16.9 Å². The number of hydrogen-bond acceptors (Lipinski definition) is 4. The third kappa shape index (κ3) is 3.81. The average Bonchev–Trinajstić information content (AvgIpc) is 2.58. The number of thioether (sulfide) groups is 1. The summed E-state index contributed by atoms with van der Waals surface area (Å²) in [5.74, 6) is 1.03. The molecular formula is C11H21N3OS. The lowest BCUT2D eigenvalue weighted by Crippen LogP contribution is -2.31. The van der Waals surface area contributed by atoms with Crippen LogP contribution in [-0.2, 0) is 13.6 Å². The fourth-order valence-electron chi connectivity index (χ4n) is 1.57. The lowest BCUT2D eigenvalue weighted by atomic mass is 10.2. The Kier molecular flexibility index (Phi) is 5.87. The molecule has 1 atom stereocenters. The van der Waals surface area contributed by atoms with Crippen LogP contribution in [-0.4, -0.2) is 39.5 Å². The van der Waals surface area contributed by atoms with Crippen LogP contribution in [0.25, 0.3) is 0 Å². The monoisotopic (exact) mass is 243 g/mol. The number of aryl methyl sites for hydroxylation is 1. The van der Waals surface area contributed by atoms with Crippen LogP contribution in [0.2, 0.25) is 0 Å². The number of nitrogens with one attached hydrogen (secondary N) is 1. The van der Waals surface area contributed by atoms with Crippen molar-refractivity contribution in [2.45, 2.75) is 25.9 Å². The van der Waals surface area contributed by atoms with Crippen LogP contribution in [0.5, 0.6) is 0 Å². The summed E-state index contributed by atoms with van der Waals surface area (Å²) in [4.78, 5) is 0. The summed E-state index contributed by atoms with van der Waals surface area (Å²) in [6.07, 6.45) is 4.79. The third-order valence-electron chi connectivity index (χ3n) is 2.76. The lowest BCUT2D eigenvalue weighted by Gasteiger charge is -2.16. The molecule has 1 aromatic rings. The van der Waals surface area contributed by atoms with E-state index < -0.39 is 0 Å². The van der Waals surface area contributed by atoms with Crippen LogP contribution in [0.3, 0.4) is 0 Å². The molecule has 0 aliphatic carbocycles. The topological polar surface area (TPSA) is 50.1 Å². The molecule has 0 saturated heterocycles. The van der Waals surface area contributed by atoms with E-state index in [-0.39, 0.29) is 6.61 Å². The van der Waals surface area contributed by atoms with Gasteiger partial charge in [0, 0.05) is 43.3 Å². The van der Waals surface area contributed by atoms with Gasteiger partial charge in [0.25, 0.3) is 0 Å². The van der Waals surface area contributed by atoms with E-state index in [1.165, 1.54) is 11.3 Å². The first-order chi connectivity index (χ1) is 7.69. The van der Waals surface area contributed by atoms with Crippen molar-refractivity contribution in [3.05, 3.63) is 17.5 Å². The zero-order valence-corrected chi connectivity index (χ0v) is 11.0. The Bertz CT molecular complexity index is 308. The van der Waals surface area contributed by atoms with E-state index >= 15 is 0 Å². The summed E-state index contributed by atoms with van der Waals surface area (Å²) in [6.45, 7) is 3.13. The van der Waals surface area contributed by atoms with Crippen molar-refractivity contribution in [1.82, 2.24) is 15.1 Å². The molecule has 92 valence electrons. The van der Waals surface area contributed by atoms with E-state index in [4.69, 9.17) is 5.11 Å². The SMILES string of the molecule is CSCC(CCO)NCc1cnn(C)c1C. The lowest BCUT2D eigenvalue weighted by molar-refractivity contribution is 0.269. The molecule has 0 aliphatic heterocycles. The van der Waals surface area contributed by atoms with Gasteiger partial charge in [0.15, 0.2) is 0 Å². The number of aliphatic hydroxyl groups excluding tert-OH is 1. The maximum absolute atomic E-state index is 8.95. The summed E-state index contributed by atoms with van der Waals surface area (Å²) in [7, 11) is 1.95. The van der Waals surface area contributed by atoms with Crippen LogP contribution in [0.15, 0.2) is 6.20 Å². The fourth-order valence-corrected chi connectivity index (χ4v) is 2.26. The number of rotatable bonds is 7. The van der Waals surface area contributed by atoms with Gasteiger partial charge in [-0.25, -0.2) is 0 Å². The third-order valence-corrected chi connectivity index (χ3v) is 3.50. The molecule has 5 heteroatoms. The van der Waals surface area contributed by atoms with Crippen molar-refractivity contribution in [3.63, 3.8) is 0 Å². The highest BCUT2D eigenvalue weighted by Crippen LogP contribution is 2.07. The van der Waals surface area contributed by atoms with Crippen LogP contribution in [0.1, 0.15) is 17.7 Å². The van der Waals surface area contributed by atoms with Gasteiger partial charge in [-0.3, -0.25) is 4.68 Å². The van der Waals surface area contributed by atoms with Gasteiger partial charge >= 0.3 is 0 Å². The highest BCUT2D eigenvalue weighted by atomic mass is 32.2. The van der Waals surface area contributed by atoms with Crippen LogP contribution < -0.4 is 5.32 Å². The molecule has 0 radical (unpaired) electrons. The maximum Gasteiger partial charge on any atom is 0.0537 e. The van der Waals surface area contributed by atoms with Crippen molar-refractivity contribution < 1.29 is 5.11 Å². The molecule has 4 nitrogen and oxygen atoms in total. The molecule has 0 spiro atoms. The molecule has 0 aromatic carbocycles. The van der Waals surface area contributed by atoms with E-state index in [1.807, 2.05) is 17.9 Å². The Hall–Kier alpha value is -0.520.